The molecular formula is C39H54N4O3Si. The largest absolute Gasteiger partial charge is 0.496 e. The predicted molar refractivity (Wildman–Crippen MR) is 192 cm³/mol. The van der Waals surface area contributed by atoms with Gasteiger partial charge in [0.15, 0.2) is 8.32 Å². The predicted octanol–water partition coefficient (Wildman–Crippen LogP) is 8.42. The van der Waals surface area contributed by atoms with E-state index in [1.54, 1.807) is 18.1 Å². The molecule has 0 saturated heterocycles. The van der Waals surface area contributed by atoms with Crippen molar-refractivity contribution in [1.82, 2.24) is 14.8 Å². The molecule has 47 heavy (non-hydrogen) atoms. The van der Waals surface area contributed by atoms with Crippen LogP contribution in [0.5, 0.6) is 5.75 Å². The smallest absolute Gasteiger partial charge is 0.230 e. The zero-order chi connectivity index (χ0) is 33.8. The molecule has 0 atom stereocenters. The lowest BCUT2D eigenvalue weighted by atomic mass is 9.78. The van der Waals surface area contributed by atoms with Crippen LogP contribution in [0.2, 0.25) is 18.1 Å². The van der Waals surface area contributed by atoms with Gasteiger partial charge in [0.2, 0.25) is 11.7 Å². The van der Waals surface area contributed by atoms with E-state index < -0.39 is 8.32 Å². The number of carbonyl (C=O) groups is 1. The van der Waals surface area contributed by atoms with Crippen molar-refractivity contribution in [1.29, 1.82) is 0 Å². The van der Waals surface area contributed by atoms with Crippen molar-refractivity contribution in [2.45, 2.75) is 109 Å². The van der Waals surface area contributed by atoms with Gasteiger partial charge in [-0.1, -0.05) is 44.9 Å². The first-order valence-corrected chi connectivity index (χ1v) is 20.3. The fraction of sp³-hybridized carbons (Fsp3) is 0.564. The van der Waals surface area contributed by atoms with E-state index in [0.717, 1.165) is 74.9 Å². The first-order chi connectivity index (χ1) is 22.3. The molecule has 7 nitrogen and oxygen atoms in total. The van der Waals surface area contributed by atoms with Crippen molar-refractivity contribution in [2.24, 2.45) is 18.9 Å². The molecule has 8 heteroatoms. The van der Waals surface area contributed by atoms with Crippen LogP contribution in [-0.2, 0) is 16.3 Å². The lowest BCUT2D eigenvalue weighted by molar-refractivity contribution is -0.124. The van der Waals surface area contributed by atoms with E-state index in [2.05, 4.69) is 97.9 Å². The minimum atomic E-state index is -1.85. The summed E-state index contributed by atoms with van der Waals surface area (Å²) in [6.45, 7) is 14.4. The summed E-state index contributed by atoms with van der Waals surface area (Å²) in [6.07, 6.45) is 10.0. The van der Waals surface area contributed by atoms with Crippen LogP contribution in [-0.4, -0.2) is 48.7 Å². The molecule has 1 heterocycles. The number of anilines is 1. The van der Waals surface area contributed by atoms with Gasteiger partial charge in [-0.05, 0) is 130 Å². The van der Waals surface area contributed by atoms with E-state index in [4.69, 9.17) is 9.16 Å². The lowest BCUT2D eigenvalue weighted by Gasteiger charge is -2.41. The maximum Gasteiger partial charge on any atom is 0.230 e. The second kappa shape index (κ2) is 14.8. The molecule has 252 valence electrons. The van der Waals surface area contributed by atoms with Crippen molar-refractivity contribution in [3.63, 3.8) is 0 Å². The van der Waals surface area contributed by atoms with Gasteiger partial charge in [-0.3, -0.25) is 9.48 Å². The topological polar surface area (TPSA) is 69.5 Å². The number of benzene rings is 2. The van der Waals surface area contributed by atoms with Crippen LogP contribution in [0.15, 0.2) is 48.8 Å². The number of carbonyl (C=O) groups excluding carboxylic acids is 1. The Labute approximate surface area is 283 Å². The van der Waals surface area contributed by atoms with Gasteiger partial charge in [-0.25, -0.2) is 4.98 Å². The fourth-order valence-corrected chi connectivity index (χ4v) is 8.35. The zero-order valence-electron chi connectivity index (χ0n) is 29.8. The number of rotatable bonds is 8. The number of aromatic nitrogens is 3. The molecule has 2 fully saturated rings. The minimum Gasteiger partial charge on any atom is -0.496 e. The Morgan fingerprint density at radius 1 is 1.00 bits per heavy atom. The summed E-state index contributed by atoms with van der Waals surface area (Å²) < 4.78 is 13.9. The van der Waals surface area contributed by atoms with E-state index in [1.165, 1.54) is 11.1 Å². The van der Waals surface area contributed by atoms with E-state index in [9.17, 15) is 4.79 Å². The van der Waals surface area contributed by atoms with Gasteiger partial charge in [0.25, 0.3) is 0 Å². The molecule has 0 unspecified atom stereocenters. The molecule has 2 aromatic carbocycles. The third-order valence-corrected chi connectivity index (χ3v) is 15.3. The van der Waals surface area contributed by atoms with Crippen LogP contribution in [0.1, 0.15) is 101 Å². The van der Waals surface area contributed by atoms with E-state index >= 15 is 0 Å². The number of methoxy groups -OCH3 is 1. The normalized spacial score (nSPS) is 21.9. The second-order valence-corrected chi connectivity index (χ2v) is 20.0. The number of hydrogen-bond acceptors (Lipinski definition) is 5. The van der Waals surface area contributed by atoms with Crippen molar-refractivity contribution >= 4 is 19.9 Å². The molecule has 2 aliphatic rings. The quantitative estimate of drug-likeness (QED) is 0.180. The second-order valence-electron chi connectivity index (χ2n) is 15.3. The van der Waals surface area contributed by atoms with Crippen LogP contribution in [0.4, 0.5) is 5.69 Å². The Morgan fingerprint density at radius 2 is 1.72 bits per heavy atom. The summed E-state index contributed by atoms with van der Waals surface area (Å²) in [5, 5.41) is 4.47. The molecule has 0 bridgehead atoms. The molecule has 1 amide bonds. The van der Waals surface area contributed by atoms with Gasteiger partial charge in [-0.15, -0.1) is 5.10 Å². The maximum absolute atomic E-state index is 14.4. The lowest BCUT2D eigenvalue weighted by Crippen LogP contribution is -2.46. The summed E-state index contributed by atoms with van der Waals surface area (Å²) in [5.74, 6) is 9.00. The Morgan fingerprint density at radius 3 is 2.34 bits per heavy atom. The number of hydrogen-bond donors (Lipinski definition) is 0. The molecule has 1 aromatic heterocycles. The van der Waals surface area contributed by atoms with Crippen molar-refractivity contribution in [2.75, 3.05) is 18.6 Å². The Bertz CT molecular complexity index is 1580. The Hall–Kier alpha value is -3.41. The van der Waals surface area contributed by atoms with E-state index in [0.29, 0.717) is 17.7 Å². The van der Waals surface area contributed by atoms with Crippen LogP contribution in [0.25, 0.3) is 0 Å². The monoisotopic (exact) mass is 654 g/mol. The average Bonchev–Trinajstić information content (AvgIpc) is 3.47. The molecule has 0 aliphatic heterocycles. The van der Waals surface area contributed by atoms with Crippen molar-refractivity contribution in [3.05, 3.63) is 71.3 Å². The van der Waals surface area contributed by atoms with Crippen LogP contribution in [0, 0.1) is 30.6 Å². The van der Waals surface area contributed by atoms with Crippen molar-refractivity contribution < 1.29 is 14.0 Å². The zero-order valence-corrected chi connectivity index (χ0v) is 30.8. The Balaban J connectivity index is 1.30. The third-order valence-electron chi connectivity index (χ3n) is 10.8. The SMILES string of the molecule is COc1ccc([C@H]2CC[C@H](CN(c3cccc(C#Cc4ncn(C)n4)c3)C(=O)[C@H]3CC[C@H](O[Si](C)(C)C(C)(C)C)CC3)CC2)cc1C. The molecular weight excluding hydrogens is 601 g/mol. The average molecular weight is 655 g/mol. The summed E-state index contributed by atoms with van der Waals surface area (Å²) in [5.41, 5.74) is 4.39. The first kappa shape index (κ1) is 34.9. The van der Waals surface area contributed by atoms with Crippen LogP contribution >= 0.6 is 0 Å². The van der Waals surface area contributed by atoms with Gasteiger partial charge in [0.1, 0.15) is 12.1 Å². The molecule has 3 aromatic rings. The number of aryl methyl sites for hydroxylation is 2. The molecule has 2 saturated carbocycles. The summed E-state index contributed by atoms with van der Waals surface area (Å²) in [6, 6.07) is 14.8. The van der Waals surface area contributed by atoms with Crippen LogP contribution in [0.3, 0.4) is 0 Å². The number of nitrogens with zero attached hydrogens (tertiary/aromatic N) is 4. The standard InChI is InChI=1S/C39H54N4O3Si/c1-28-24-33(19-22-36(28)45-6)31-15-12-30(13-16-31)26-43(34-11-9-10-29(25-34)14-23-37-40-27-42(5)41-37)38(44)32-17-20-35(21-18-32)46-47(7,8)39(2,3)4/h9-11,19,22,24-25,27,30-32,35H,12-13,15-18,20-21,26H2,1-8H3/t30-,31-,32-,35-. The van der Waals surface area contributed by atoms with Crippen molar-refractivity contribution in [3.8, 4) is 17.6 Å². The first-order valence-electron chi connectivity index (χ1n) is 17.4. The third kappa shape index (κ3) is 8.74. The maximum atomic E-state index is 14.4. The molecule has 0 N–H and O–H groups in total. The number of amides is 1. The number of ether oxygens (including phenoxy) is 1. The highest BCUT2D eigenvalue weighted by molar-refractivity contribution is 6.74. The fourth-order valence-electron chi connectivity index (χ4n) is 6.93. The van der Waals surface area contributed by atoms with E-state index in [-0.39, 0.29) is 23.0 Å². The van der Waals surface area contributed by atoms with Gasteiger partial charge in [0, 0.05) is 36.9 Å². The van der Waals surface area contributed by atoms with Gasteiger partial charge >= 0.3 is 0 Å². The Kier molecular flexibility index (Phi) is 11.0. The summed E-state index contributed by atoms with van der Waals surface area (Å²) in [4.78, 5) is 20.8. The minimum absolute atomic E-state index is 0.0142. The van der Waals surface area contributed by atoms with Gasteiger partial charge in [-0.2, -0.15) is 0 Å². The molecule has 2 aliphatic carbocycles. The summed E-state index contributed by atoms with van der Waals surface area (Å²) in [7, 11) is 1.72. The highest BCUT2D eigenvalue weighted by Crippen LogP contribution is 2.41. The summed E-state index contributed by atoms with van der Waals surface area (Å²) >= 11 is 0. The highest BCUT2D eigenvalue weighted by Gasteiger charge is 2.41. The van der Waals surface area contributed by atoms with Crippen LogP contribution < -0.4 is 9.64 Å². The van der Waals surface area contributed by atoms with E-state index in [1.807, 2.05) is 19.2 Å². The molecule has 0 radical (unpaired) electrons. The van der Waals surface area contributed by atoms with Gasteiger partial charge < -0.3 is 14.1 Å². The molecule has 0 spiro atoms. The van der Waals surface area contributed by atoms with Gasteiger partial charge in [0.05, 0.1) is 7.11 Å². The molecule has 5 rings (SSSR count). The highest BCUT2D eigenvalue weighted by atomic mass is 28.4.